The molecular formula is C21H28N4O6S. The molecule has 0 aliphatic heterocycles. The summed E-state index contributed by atoms with van der Waals surface area (Å²) in [6.45, 7) is 1.71. The van der Waals surface area contributed by atoms with Crippen LogP contribution in [-0.2, 0) is 20.8 Å². The summed E-state index contributed by atoms with van der Waals surface area (Å²) in [6, 6.07) is 6.87. The Labute approximate surface area is 189 Å². The fourth-order valence-electron chi connectivity index (χ4n) is 3.02. The van der Waals surface area contributed by atoms with Gasteiger partial charge < -0.3 is 15.2 Å². The predicted molar refractivity (Wildman–Crippen MR) is 123 cm³/mol. The Morgan fingerprint density at radius 3 is 2.62 bits per heavy atom. The summed E-state index contributed by atoms with van der Waals surface area (Å²) in [5, 5.41) is 0. The number of anilines is 2. The van der Waals surface area contributed by atoms with Crippen LogP contribution in [-0.4, -0.2) is 54.6 Å². The summed E-state index contributed by atoms with van der Waals surface area (Å²) >= 11 is 1.38. The molecule has 32 heavy (non-hydrogen) atoms. The lowest BCUT2D eigenvalue weighted by Gasteiger charge is -2.24. The van der Waals surface area contributed by atoms with Crippen molar-refractivity contribution in [3.63, 3.8) is 0 Å². The van der Waals surface area contributed by atoms with Gasteiger partial charge in [0.25, 0.3) is 11.5 Å². The highest BCUT2D eigenvalue weighted by atomic mass is 32.2. The first-order valence-corrected chi connectivity index (χ1v) is 11.3. The van der Waals surface area contributed by atoms with E-state index in [9.17, 15) is 19.2 Å². The summed E-state index contributed by atoms with van der Waals surface area (Å²) in [5.41, 5.74) is 4.83. The third-order valence-electron chi connectivity index (χ3n) is 4.69. The molecule has 0 saturated heterocycles. The number of benzene rings is 1. The van der Waals surface area contributed by atoms with E-state index in [0.717, 1.165) is 11.3 Å². The number of nitrogens with one attached hydrogen (secondary N) is 1. The normalized spacial score (nSPS) is 10.7. The number of hydrogen-bond donors (Lipinski definition) is 2. The standard InChI is InChI=1S/C21H28N4O6S/c1-4-5-10-25-18(22)17(19(27)23-21(25)29)24(11-12-30-2)16(26)13-31-20(28)14-8-6-7-9-15(14)32-3/h6-9H,4-5,10-13,22H2,1-3H3,(H,23,27,29). The number of carbonyl (C=O) groups excluding carboxylic acids is 2. The van der Waals surface area contributed by atoms with E-state index < -0.39 is 29.7 Å². The number of nitrogen functional groups attached to an aromatic ring is 1. The fraction of sp³-hybridized carbons (Fsp3) is 0.429. The van der Waals surface area contributed by atoms with Gasteiger partial charge in [0.2, 0.25) is 0 Å². The molecule has 11 heteroatoms. The monoisotopic (exact) mass is 464 g/mol. The maximum absolute atomic E-state index is 12.9. The Bertz CT molecular complexity index is 1060. The maximum Gasteiger partial charge on any atom is 0.339 e. The third kappa shape index (κ3) is 6.01. The van der Waals surface area contributed by atoms with Gasteiger partial charge >= 0.3 is 11.7 Å². The molecule has 1 aromatic carbocycles. The first kappa shape index (κ1) is 25.2. The molecule has 0 aliphatic rings. The maximum atomic E-state index is 12.9. The Hall–Kier alpha value is -3.05. The Balaban J connectivity index is 2.32. The molecule has 0 radical (unpaired) electrons. The van der Waals surface area contributed by atoms with Gasteiger partial charge in [0.05, 0.1) is 12.2 Å². The van der Waals surface area contributed by atoms with Gasteiger partial charge in [-0.1, -0.05) is 25.5 Å². The first-order chi connectivity index (χ1) is 15.3. The second kappa shape index (κ2) is 12.1. The summed E-state index contributed by atoms with van der Waals surface area (Å²) in [7, 11) is 1.44. The minimum atomic E-state index is -0.802. The zero-order chi connectivity index (χ0) is 23.7. The number of rotatable bonds is 11. The van der Waals surface area contributed by atoms with Crippen LogP contribution in [0.4, 0.5) is 11.5 Å². The van der Waals surface area contributed by atoms with Gasteiger partial charge in [-0.25, -0.2) is 9.59 Å². The Kier molecular flexibility index (Phi) is 9.54. The minimum Gasteiger partial charge on any atom is -0.452 e. The van der Waals surface area contributed by atoms with Gasteiger partial charge in [0.15, 0.2) is 12.3 Å². The number of ether oxygens (including phenoxy) is 2. The molecule has 1 aromatic heterocycles. The lowest BCUT2D eigenvalue weighted by atomic mass is 10.2. The minimum absolute atomic E-state index is 0.0203. The highest BCUT2D eigenvalue weighted by Gasteiger charge is 2.25. The molecule has 0 aliphatic carbocycles. The van der Waals surface area contributed by atoms with Crippen LogP contribution >= 0.6 is 11.8 Å². The van der Waals surface area contributed by atoms with Crippen molar-refractivity contribution in [3.8, 4) is 0 Å². The van der Waals surface area contributed by atoms with E-state index in [4.69, 9.17) is 15.2 Å². The Morgan fingerprint density at radius 1 is 1.25 bits per heavy atom. The molecule has 0 spiro atoms. The van der Waals surface area contributed by atoms with Crippen LogP contribution < -0.4 is 21.9 Å². The van der Waals surface area contributed by atoms with E-state index in [1.807, 2.05) is 13.2 Å². The number of methoxy groups -OCH3 is 1. The van der Waals surface area contributed by atoms with E-state index in [0.29, 0.717) is 16.9 Å². The van der Waals surface area contributed by atoms with Crippen molar-refractivity contribution in [3.05, 3.63) is 50.7 Å². The molecule has 2 rings (SSSR count). The van der Waals surface area contributed by atoms with Crippen molar-refractivity contribution in [2.45, 2.75) is 31.2 Å². The summed E-state index contributed by atoms with van der Waals surface area (Å²) in [6.07, 6.45) is 3.29. The molecule has 0 bridgehead atoms. The average molecular weight is 465 g/mol. The molecule has 10 nitrogen and oxygen atoms in total. The lowest BCUT2D eigenvalue weighted by molar-refractivity contribution is -0.121. The predicted octanol–water partition coefficient (Wildman–Crippen LogP) is 1.48. The molecule has 2 aromatic rings. The van der Waals surface area contributed by atoms with Gasteiger partial charge in [-0.3, -0.25) is 24.0 Å². The van der Waals surface area contributed by atoms with Crippen LogP contribution in [0.5, 0.6) is 0 Å². The second-order valence-electron chi connectivity index (χ2n) is 6.81. The van der Waals surface area contributed by atoms with Crippen molar-refractivity contribution in [1.29, 1.82) is 0 Å². The van der Waals surface area contributed by atoms with Crippen LogP contribution in [0.1, 0.15) is 30.1 Å². The fourth-order valence-corrected chi connectivity index (χ4v) is 3.60. The summed E-state index contributed by atoms with van der Waals surface area (Å²) < 4.78 is 11.5. The van der Waals surface area contributed by atoms with Crippen molar-refractivity contribution in [2.75, 3.05) is 43.8 Å². The number of aromatic nitrogens is 2. The zero-order valence-corrected chi connectivity index (χ0v) is 19.2. The highest BCUT2D eigenvalue weighted by molar-refractivity contribution is 7.98. The number of aromatic amines is 1. The van der Waals surface area contributed by atoms with Crippen molar-refractivity contribution < 1.29 is 19.1 Å². The number of H-pyrrole nitrogens is 1. The molecule has 1 amide bonds. The number of carbonyl (C=O) groups is 2. The van der Waals surface area contributed by atoms with Crippen LogP contribution in [0, 0.1) is 0 Å². The average Bonchev–Trinajstić information content (AvgIpc) is 2.79. The molecule has 1 heterocycles. The second-order valence-corrected chi connectivity index (χ2v) is 7.66. The molecular weight excluding hydrogens is 436 g/mol. The molecule has 0 fully saturated rings. The number of nitrogens with two attached hydrogens (primary N) is 1. The number of esters is 1. The zero-order valence-electron chi connectivity index (χ0n) is 18.4. The van der Waals surface area contributed by atoms with Gasteiger partial charge in [-0.05, 0) is 24.8 Å². The molecule has 0 saturated carbocycles. The van der Waals surface area contributed by atoms with E-state index in [1.165, 1.54) is 23.4 Å². The van der Waals surface area contributed by atoms with Crippen LogP contribution in [0.15, 0.2) is 38.8 Å². The Morgan fingerprint density at radius 2 is 1.97 bits per heavy atom. The van der Waals surface area contributed by atoms with Crippen LogP contribution in [0.25, 0.3) is 0 Å². The van der Waals surface area contributed by atoms with Gasteiger partial charge in [0.1, 0.15) is 5.82 Å². The number of hydrogen-bond acceptors (Lipinski definition) is 8. The van der Waals surface area contributed by atoms with E-state index in [2.05, 4.69) is 4.98 Å². The van der Waals surface area contributed by atoms with Crippen molar-refractivity contribution in [2.24, 2.45) is 0 Å². The van der Waals surface area contributed by atoms with Crippen molar-refractivity contribution in [1.82, 2.24) is 9.55 Å². The van der Waals surface area contributed by atoms with Gasteiger partial charge in [-0.15, -0.1) is 11.8 Å². The van der Waals surface area contributed by atoms with E-state index in [1.54, 1.807) is 24.3 Å². The number of thioether (sulfide) groups is 1. The number of nitrogens with zero attached hydrogens (tertiary/aromatic N) is 2. The quantitative estimate of drug-likeness (QED) is 0.377. The van der Waals surface area contributed by atoms with Gasteiger partial charge in [-0.2, -0.15) is 0 Å². The lowest BCUT2D eigenvalue weighted by Crippen LogP contribution is -2.44. The van der Waals surface area contributed by atoms with Crippen LogP contribution in [0.3, 0.4) is 0 Å². The number of amides is 1. The molecule has 174 valence electrons. The van der Waals surface area contributed by atoms with Crippen LogP contribution in [0.2, 0.25) is 0 Å². The van der Waals surface area contributed by atoms with Crippen molar-refractivity contribution >= 4 is 35.1 Å². The van der Waals surface area contributed by atoms with E-state index in [-0.39, 0.29) is 31.2 Å². The van der Waals surface area contributed by atoms with E-state index >= 15 is 0 Å². The summed E-state index contributed by atoms with van der Waals surface area (Å²) in [5.74, 6) is -1.46. The smallest absolute Gasteiger partial charge is 0.339 e. The first-order valence-electron chi connectivity index (χ1n) is 10.1. The molecule has 0 unspecified atom stereocenters. The summed E-state index contributed by atoms with van der Waals surface area (Å²) in [4.78, 5) is 54.2. The molecule has 0 atom stereocenters. The third-order valence-corrected chi connectivity index (χ3v) is 5.49. The largest absolute Gasteiger partial charge is 0.452 e. The van der Waals surface area contributed by atoms with Gasteiger partial charge in [0, 0.05) is 25.1 Å². The number of unbranched alkanes of at least 4 members (excludes halogenated alkanes) is 1. The molecule has 3 N–H and O–H groups in total. The highest BCUT2D eigenvalue weighted by Crippen LogP contribution is 2.21. The topological polar surface area (TPSA) is 137 Å². The SMILES string of the molecule is CCCCn1c(N)c(N(CCOC)C(=O)COC(=O)c2ccccc2SC)c(=O)[nH]c1=O.